The van der Waals surface area contributed by atoms with Crippen molar-refractivity contribution in [3.8, 4) is 0 Å². The Morgan fingerprint density at radius 1 is 0.493 bits per heavy atom. The van der Waals surface area contributed by atoms with Crippen molar-refractivity contribution in [3.05, 3.63) is 213 Å². The average molecular weight is 2170 g/mol. The average Bonchev–Trinajstić information content (AvgIpc) is 0.816. The molecule has 6 unspecified atom stereocenters. The second-order valence-corrected chi connectivity index (χ2v) is 46.3. The zero-order chi connectivity index (χ0) is 108. The number of hydrogen-bond acceptors (Lipinski definition) is 34. The van der Waals surface area contributed by atoms with Crippen LogP contribution in [0.1, 0.15) is 120 Å². The predicted molar refractivity (Wildman–Crippen MR) is 535 cm³/mol. The van der Waals surface area contributed by atoms with E-state index in [1.54, 1.807) is 23.9 Å². The summed E-state index contributed by atoms with van der Waals surface area (Å²) in [6, 6.07) is 27.9. The SMILES string of the molecule is CN(CCCC(=O)NCCNC(=O)O[C@@H]1[C@H](O)[C@@H](COP(=O)(O)OP(=O)(O)NP(=O)([O-])O)O[C@H]1n1cnc2c(N)ncnc21)C(=O)c1ccccc1C1=C2C=CC(=[N+](C)C)C=C2C(C)(C)c2cc(N(C)C)ccc21.CN(CCCC(=O)NCCNC(=O)O[C@H]1[C@@H](O)[C@H](n2cnc3c(N)ncnc32)O[C@@H]1COP(=O)(O)OP(=O)(O)NP(=O)([O-])O)C(=O)c1ccccc1C1=C2C=CC(=[N+](C)C)C=C2C(C)(C)c2cc(N(C)C)ccc21. The number of phosphoric ester groups is 2. The summed E-state index contributed by atoms with van der Waals surface area (Å²) in [5, 5.41) is 32.8. The van der Waals surface area contributed by atoms with Crippen molar-refractivity contribution in [1.29, 1.82) is 0 Å². The number of imidazole rings is 2. The summed E-state index contributed by atoms with van der Waals surface area (Å²) in [5.41, 5.74) is 28.8. The third kappa shape index (κ3) is 26.7. The lowest BCUT2D eigenvalue weighted by molar-refractivity contribution is -0.462. The molecule has 14 atom stereocenters. The maximum Gasteiger partial charge on any atom is 0.480 e. The zero-order valence-corrected chi connectivity index (χ0v) is 88.0. The highest BCUT2D eigenvalue weighted by atomic mass is 31.3. The quantitative estimate of drug-likeness (QED) is 0.0147. The van der Waals surface area contributed by atoms with E-state index in [0.29, 0.717) is 24.0 Å². The van der Waals surface area contributed by atoms with E-state index < -0.39 is 121 Å². The molecule has 6 amide bonds. The third-order valence-electron chi connectivity index (χ3n) is 24.8. The number of nitrogens with one attached hydrogen (secondary N) is 6. The van der Waals surface area contributed by atoms with Crippen LogP contribution in [0.2, 0.25) is 0 Å². The molecule has 796 valence electrons. The van der Waals surface area contributed by atoms with Crippen molar-refractivity contribution in [2.45, 2.75) is 113 Å². The number of nitrogens with zero attached hydrogens (tertiary/aromatic N) is 14. The smallest absolute Gasteiger partial charge is 0.480 e. The second-order valence-electron chi connectivity index (χ2n) is 36.8. The standard InChI is InChI=1S/2C45H58N11O15P3/c1-45(2)32-21-26(53(3)4)14-16-30(32)36(31-17-15-27(54(5)6)22-33(31)45)28-11-8-9-12-29(28)42(59)55(7)20-10-13-35(57)47-18-19-48-44(60)70-39-34(23-68-74(66,67)71-73(64,65)52-72(61,62)63)69-43(38(39)58)56-25-51-37-40(46)49-24-50-41(37)56;1-45(2)32-21-26(53(3)4)14-16-30(32)36(31-17-15-27(54(5)6)22-33(31)45)28-11-8-9-12-29(28)42(59)55(7)20-10-13-35(57)47-18-19-48-44(60)70-39-38(58)34(23-68-74(66,67)71-73(64,65)52-72(61,62)63)69-43(39)56-25-51-37-40(46)49-24-50-41(37)56/h2*8-9,11-12,14-17,21-22,24-25,34,38-39,43,58H,10,13,18-20,23H2,1-7H3,(H8-,46,47,48,49,50,52,57,60,61,62,63,64,65,66,67)/t2*34-,38-,39-,43-/m11/s1. The molecule has 2 aliphatic heterocycles. The van der Waals surface area contributed by atoms with Gasteiger partial charge in [-0.1, -0.05) is 76.2 Å². The second kappa shape index (κ2) is 45.8. The lowest BCUT2D eigenvalue weighted by atomic mass is 9.64. The molecule has 0 saturated carbocycles. The van der Waals surface area contributed by atoms with Crippen LogP contribution in [0.5, 0.6) is 0 Å². The summed E-state index contributed by atoms with van der Waals surface area (Å²) in [6.45, 7) is 6.75. The first-order chi connectivity index (χ1) is 69.3. The van der Waals surface area contributed by atoms with Gasteiger partial charge in [-0.05, 0) is 128 Å². The van der Waals surface area contributed by atoms with E-state index in [1.165, 1.54) is 21.8 Å². The molecule has 58 heteroatoms. The van der Waals surface area contributed by atoms with E-state index in [4.69, 9.17) is 44.7 Å². The molecule has 2 saturated heterocycles. The molecule has 148 heavy (non-hydrogen) atoms. The largest absolute Gasteiger partial charge is 0.766 e. The molecule has 2 fully saturated rings. The van der Waals surface area contributed by atoms with Crippen molar-refractivity contribution in [3.63, 3.8) is 0 Å². The van der Waals surface area contributed by atoms with Gasteiger partial charge in [0.1, 0.15) is 76.3 Å². The molecule has 0 bridgehead atoms. The minimum Gasteiger partial charge on any atom is -0.766 e. The van der Waals surface area contributed by atoms with Gasteiger partial charge < -0.3 is 121 Å². The van der Waals surface area contributed by atoms with Gasteiger partial charge in [-0.2, -0.15) is 18.3 Å². The number of fused-ring (bicyclic) bond motifs is 6. The summed E-state index contributed by atoms with van der Waals surface area (Å²) in [7, 11) is -14.6. The molecule has 14 rings (SSSR count). The van der Waals surface area contributed by atoms with Gasteiger partial charge in [-0.15, -0.1) is 0 Å². The van der Waals surface area contributed by atoms with Crippen LogP contribution in [-0.2, 0) is 84.4 Å². The Morgan fingerprint density at radius 2 is 0.878 bits per heavy atom. The lowest BCUT2D eigenvalue weighted by Gasteiger charge is -2.39. The van der Waals surface area contributed by atoms with Gasteiger partial charge in [-0.3, -0.25) is 46.5 Å². The fourth-order valence-corrected chi connectivity index (χ4v) is 24.3. The fraction of sp³-hybridized carbons (Fsp3) is 0.400. The fourth-order valence-electron chi connectivity index (χ4n) is 17.5. The van der Waals surface area contributed by atoms with Crippen LogP contribution < -0.4 is 62.0 Å². The van der Waals surface area contributed by atoms with Crippen LogP contribution in [0.15, 0.2) is 169 Å². The number of carbonyl (C=O) groups excluding carboxylic acids is 6. The lowest BCUT2D eigenvalue weighted by Crippen LogP contribution is -2.42. The molecule has 18 N–H and O–H groups in total. The van der Waals surface area contributed by atoms with Gasteiger partial charge >= 0.3 is 43.3 Å². The summed E-state index contributed by atoms with van der Waals surface area (Å²) >= 11 is 0. The van der Waals surface area contributed by atoms with E-state index in [9.17, 15) is 95.7 Å². The summed E-state index contributed by atoms with van der Waals surface area (Å²) in [5.74, 6) is -1.25. The highest BCUT2D eigenvalue weighted by molar-refractivity contribution is 7.71. The van der Waals surface area contributed by atoms with Gasteiger partial charge in [-0.25, -0.2) is 66.9 Å². The number of anilines is 4. The van der Waals surface area contributed by atoms with Crippen molar-refractivity contribution in [2.75, 3.05) is 144 Å². The minimum absolute atomic E-state index is 0.0269. The van der Waals surface area contributed by atoms with E-state index in [1.807, 2.05) is 105 Å². The Kier molecular flexibility index (Phi) is 35.1. The van der Waals surface area contributed by atoms with Gasteiger partial charge in [0.25, 0.3) is 11.8 Å². The summed E-state index contributed by atoms with van der Waals surface area (Å²) < 4.78 is 117. The summed E-state index contributed by atoms with van der Waals surface area (Å²) in [6.07, 6.45) is 2.67. The Balaban J connectivity index is 0.000000247. The predicted octanol–water partition coefficient (Wildman–Crippen LogP) is 4.17. The molecular weight excluding hydrogens is 2050 g/mol. The molecule has 4 aliphatic carbocycles. The van der Waals surface area contributed by atoms with Crippen LogP contribution in [0.4, 0.5) is 32.6 Å². The van der Waals surface area contributed by atoms with Crippen LogP contribution >= 0.6 is 46.6 Å². The topological polar surface area (TPSA) is 717 Å². The number of nitrogens with two attached hydrogens (primary N) is 2. The van der Waals surface area contributed by atoms with Gasteiger partial charge in [0, 0.05) is 152 Å². The number of hydrogen-bond donors (Lipinski definition) is 16. The first-order valence-corrected chi connectivity index (χ1v) is 55.0. The van der Waals surface area contributed by atoms with Crippen LogP contribution in [0, 0.1) is 0 Å². The number of amides is 6. The number of phosphoric acid groups is 2. The van der Waals surface area contributed by atoms with E-state index in [0.717, 1.165) is 112 Å². The molecule has 4 aromatic carbocycles. The number of allylic oxidation sites excluding steroid dienone is 10. The highest BCUT2D eigenvalue weighted by Crippen LogP contribution is 2.63. The van der Waals surface area contributed by atoms with Crippen molar-refractivity contribution in [1.82, 2.24) is 79.8 Å². The summed E-state index contributed by atoms with van der Waals surface area (Å²) in [4.78, 5) is 193. The minimum atomic E-state index is -5.70. The van der Waals surface area contributed by atoms with Gasteiger partial charge in [0.15, 0.2) is 59.0 Å². The number of benzene rings is 4. The number of carbonyl (C=O) groups is 6. The number of aliphatic hydroxyl groups excluding tert-OH is 2. The molecule has 0 radical (unpaired) electrons. The molecule has 52 nitrogen and oxygen atoms in total. The van der Waals surface area contributed by atoms with Crippen LogP contribution in [0.25, 0.3) is 33.5 Å². The maximum atomic E-state index is 14.3. The zero-order valence-electron chi connectivity index (χ0n) is 82.6. The Bertz CT molecular complexity index is 7080. The molecular formula is C90H116N22O30P6. The Morgan fingerprint density at radius 3 is 1.28 bits per heavy atom. The molecule has 6 aliphatic rings. The highest BCUT2D eigenvalue weighted by Gasteiger charge is 2.53. The number of alkyl carbamates (subject to hydrolysis) is 2. The number of rotatable bonds is 38. The number of ether oxygens (including phenoxy) is 4. The van der Waals surface area contributed by atoms with Gasteiger partial charge in [0.05, 0.1) is 25.9 Å². The molecule has 4 aromatic heterocycles. The van der Waals surface area contributed by atoms with Crippen LogP contribution in [0.3, 0.4) is 0 Å². The normalized spacial score (nSPS) is 21.4. The third-order valence-corrected chi connectivity index (χ3v) is 33.2. The van der Waals surface area contributed by atoms with Crippen LogP contribution in [-0.4, -0.2) is 304 Å². The van der Waals surface area contributed by atoms with Gasteiger partial charge in [0.2, 0.25) is 27.3 Å². The number of aromatic nitrogens is 8. The van der Waals surface area contributed by atoms with E-state index in [2.05, 4.69) is 184 Å². The first kappa shape index (κ1) is 113. The number of nitrogen functional groups attached to an aromatic ring is 2. The molecule has 8 aromatic rings. The van der Waals surface area contributed by atoms with Crippen molar-refractivity contribution in [2.24, 2.45) is 0 Å². The maximum absolute atomic E-state index is 14.3. The van der Waals surface area contributed by atoms with E-state index >= 15 is 0 Å². The van der Waals surface area contributed by atoms with E-state index in [-0.39, 0.29) is 121 Å². The molecule has 6 heterocycles. The van der Waals surface area contributed by atoms with Crippen molar-refractivity contribution < 1.29 is 151 Å². The molecule has 0 spiro atoms. The van der Waals surface area contributed by atoms with Crippen molar-refractivity contribution >= 4 is 150 Å². The Labute approximate surface area is 848 Å². The Hall–Kier alpha value is -12.0. The first-order valence-electron chi connectivity index (χ1n) is 45.7. The number of aliphatic hydroxyl groups is 2. The monoisotopic (exact) mass is 2170 g/mol.